The summed E-state index contributed by atoms with van der Waals surface area (Å²) in [5, 5.41) is 5.83. The number of nitrogens with zero attached hydrogens (tertiary/aromatic N) is 5. The van der Waals surface area contributed by atoms with Gasteiger partial charge >= 0.3 is 0 Å². The molecule has 0 radical (unpaired) electrons. The monoisotopic (exact) mass is 425 g/mol. The number of benzene rings is 2. The lowest BCUT2D eigenvalue weighted by Crippen LogP contribution is -2.29. The fraction of sp³-hybridized carbons (Fsp3) is 0.280. The van der Waals surface area contributed by atoms with Gasteiger partial charge in [-0.15, -0.1) is 0 Å². The van der Waals surface area contributed by atoms with Gasteiger partial charge in [0.05, 0.1) is 28.4 Å². The van der Waals surface area contributed by atoms with E-state index < -0.39 is 0 Å². The molecule has 0 unspecified atom stereocenters. The van der Waals surface area contributed by atoms with E-state index in [-0.39, 0.29) is 0 Å². The molecule has 3 N–H and O–H groups in total. The number of hydrogen-bond acceptors (Lipinski definition) is 4. The minimum absolute atomic E-state index is 0.609. The number of aromatic nitrogens is 5. The second-order valence-corrected chi connectivity index (χ2v) is 8.93. The fourth-order valence-corrected chi connectivity index (χ4v) is 4.96. The van der Waals surface area contributed by atoms with Gasteiger partial charge in [-0.1, -0.05) is 6.07 Å². The summed E-state index contributed by atoms with van der Waals surface area (Å²) in [6.45, 7) is 4.29. The molecule has 1 aliphatic rings. The molecule has 0 aliphatic carbocycles. The molecule has 1 saturated heterocycles. The molecule has 1 fully saturated rings. The van der Waals surface area contributed by atoms with E-state index in [4.69, 9.17) is 5.73 Å². The van der Waals surface area contributed by atoms with Crippen LogP contribution in [-0.2, 0) is 0 Å². The highest BCUT2D eigenvalue weighted by molar-refractivity contribution is 5.84. The summed E-state index contributed by atoms with van der Waals surface area (Å²) >= 11 is 0. The molecule has 7 nitrogen and oxygen atoms in total. The summed E-state index contributed by atoms with van der Waals surface area (Å²) in [5.41, 5.74) is 12.9. The lowest BCUT2D eigenvalue weighted by atomic mass is 9.89. The lowest BCUT2D eigenvalue weighted by molar-refractivity contribution is 0.255. The minimum atomic E-state index is 0.609. The molecule has 3 aromatic heterocycles. The number of nitrogens with two attached hydrogens (primary N) is 1. The van der Waals surface area contributed by atoms with E-state index in [1.165, 1.54) is 36.9 Å². The summed E-state index contributed by atoms with van der Waals surface area (Å²) < 4.78 is 3.91. The van der Waals surface area contributed by atoms with Crippen molar-refractivity contribution in [3.63, 3.8) is 0 Å². The topological polar surface area (TPSA) is 80.7 Å². The van der Waals surface area contributed by atoms with E-state index in [0.717, 1.165) is 33.7 Å². The second-order valence-electron chi connectivity index (χ2n) is 8.93. The molecule has 6 rings (SSSR count). The number of imidazole rings is 1. The molecule has 5 aromatic rings. The highest BCUT2D eigenvalue weighted by Gasteiger charge is 2.19. The van der Waals surface area contributed by atoms with E-state index in [1.807, 2.05) is 31.3 Å². The number of aromatic amines is 1. The average Bonchev–Trinajstić information content (AvgIpc) is 3.48. The maximum absolute atomic E-state index is 6.58. The van der Waals surface area contributed by atoms with Crippen molar-refractivity contribution in [2.45, 2.75) is 25.7 Å². The molecule has 162 valence electrons. The zero-order chi connectivity index (χ0) is 21.8. The number of fused-ring (bicyclic) bond motifs is 2. The van der Waals surface area contributed by atoms with Gasteiger partial charge in [0, 0.05) is 11.6 Å². The number of likely N-dealkylation sites (tertiary alicyclic amines) is 1. The Hall–Kier alpha value is -3.58. The van der Waals surface area contributed by atoms with Crippen LogP contribution >= 0.6 is 0 Å². The van der Waals surface area contributed by atoms with Crippen LogP contribution in [0.25, 0.3) is 33.3 Å². The van der Waals surface area contributed by atoms with Crippen molar-refractivity contribution in [1.82, 2.24) is 29.2 Å². The van der Waals surface area contributed by atoms with Gasteiger partial charge in [0.25, 0.3) is 0 Å². The van der Waals surface area contributed by atoms with Crippen LogP contribution in [0.5, 0.6) is 0 Å². The van der Waals surface area contributed by atoms with E-state index >= 15 is 0 Å². The molecule has 7 heteroatoms. The maximum Gasteiger partial charge on any atom is 0.151 e. The van der Waals surface area contributed by atoms with Crippen LogP contribution in [0, 0.1) is 6.92 Å². The largest absolute Gasteiger partial charge is 0.382 e. The Morgan fingerprint density at radius 2 is 1.91 bits per heavy atom. The van der Waals surface area contributed by atoms with Gasteiger partial charge in [0.1, 0.15) is 11.5 Å². The molecule has 1 aliphatic heterocycles. The fourth-order valence-electron chi connectivity index (χ4n) is 4.96. The van der Waals surface area contributed by atoms with Crippen LogP contribution in [0.15, 0.2) is 54.9 Å². The highest BCUT2D eigenvalue weighted by Crippen LogP contribution is 2.32. The normalized spacial score (nSPS) is 15.8. The predicted molar refractivity (Wildman–Crippen MR) is 129 cm³/mol. The number of rotatable bonds is 3. The third-order valence-electron chi connectivity index (χ3n) is 6.78. The first-order valence-electron chi connectivity index (χ1n) is 11.2. The summed E-state index contributed by atoms with van der Waals surface area (Å²) in [5.74, 6) is 2.15. The van der Waals surface area contributed by atoms with Crippen molar-refractivity contribution in [3.8, 4) is 11.4 Å². The Kier molecular flexibility index (Phi) is 4.33. The zero-order valence-corrected chi connectivity index (χ0v) is 18.4. The van der Waals surface area contributed by atoms with Crippen LogP contribution < -0.4 is 5.73 Å². The van der Waals surface area contributed by atoms with Crippen molar-refractivity contribution in [3.05, 3.63) is 66.2 Å². The first-order valence-corrected chi connectivity index (χ1v) is 11.2. The summed E-state index contributed by atoms with van der Waals surface area (Å²) in [6, 6.07) is 15.0. The molecule has 0 spiro atoms. The Labute approximate surface area is 186 Å². The van der Waals surface area contributed by atoms with Crippen molar-refractivity contribution in [2.75, 3.05) is 25.9 Å². The number of aryl methyl sites for hydroxylation is 1. The number of H-pyrrole nitrogens is 1. The Balaban J connectivity index is 1.35. The summed E-state index contributed by atoms with van der Waals surface area (Å²) in [4.78, 5) is 10.2. The number of nitrogen functional groups attached to an aromatic ring is 1. The first-order chi connectivity index (χ1) is 15.6. The molecule has 2 aromatic carbocycles. The van der Waals surface area contributed by atoms with Gasteiger partial charge in [0.15, 0.2) is 5.82 Å². The van der Waals surface area contributed by atoms with Gasteiger partial charge in [-0.25, -0.2) is 9.67 Å². The maximum atomic E-state index is 6.58. The van der Waals surface area contributed by atoms with E-state index in [2.05, 4.69) is 62.0 Å². The molecule has 4 heterocycles. The molecule has 0 atom stereocenters. The van der Waals surface area contributed by atoms with Crippen LogP contribution in [0.1, 0.15) is 30.1 Å². The van der Waals surface area contributed by atoms with Crippen LogP contribution in [-0.4, -0.2) is 49.4 Å². The molecule has 0 bridgehead atoms. The molecular formula is C25H27N7. The number of hydrogen-bond donors (Lipinski definition) is 2. The van der Waals surface area contributed by atoms with E-state index in [9.17, 15) is 0 Å². The first kappa shape index (κ1) is 19.1. The SMILES string of the molecule is Cc1nc2ccc(-n3ncc(-n4ccc5cc(C6CCN(C)CC6)ccc54)c3N)cc2[nH]1. The van der Waals surface area contributed by atoms with Gasteiger partial charge in [-0.2, -0.15) is 5.10 Å². The molecule has 32 heavy (non-hydrogen) atoms. The van der Waals surface area contributed by atoms with Gasteiger partial charge < -0.3 is 20.2 Å². The standard InChI is InChI=1S/C25H27N7/c1-16-28-21-5-4-20(14-22(21)29-16)32-25(26)24(15-27-32)31-12-9-19-13-18(3-6-23(19)31)17-7-10-30(2)11-8-17/h3-6,9,12-15,17H,7-8,10-11,26H2,1-2H3,(H,28,29). The van der Waals surface area contributed by atoms with E-state index in [0.29, 0.717) is 11.7 Å². The summed E-state index contributed by atoms with van der Waals surface area (Å²) in [6.07, 6.45) is 6.37. The number of piperidine rings is 1. The smallest absolute Gasteiger partial charge is 0.151 e. The Morgan fingerprint density at radius 3 is 2.75 bits per heavy atom. The van der Waals surface area contributed by atoms with Crippen LogP contribution in [0.3, 0.4) is 0 Å². The Bertz CT molecular complexity index is 1430. The van der Waals surface area contributed by atoms with Crippen LogP contribution in [0.4, 0.5) is 5.82 Å². The molecule has 0 saturated carbocycles. The van der Waals surface area contributed by atoms with E-state index in [1.54, 1.807) is 4.68 Å². The van der Waals surface area contributed by atoms with Crippen molar-refractivity contribution in [1.29, 1.82) is 0 Å². The third-order valence-corrected chi connectivity index (χ3v) is 6.78. The third kappa shape index (κ3) is 3.08. The van der Waals surface area contributed by atoms with Gasteiger partial charge in [-0.05, 0) is 87.8 Å². The zero-order valence-electron chi connectivity index (χ0n) is 18.4. The molecule has 0 amide bonds. The average molecular weight is 426 g/mol. The molecular weight excluding hydrogens is 398 g/mol. The highest BCUT2D eigenvalue weighted by atomic mass is 15.3. The predicted octanol–water partition coefficient (Wildman–Crippen LogP) is 4.39. The summed E-state index contributed by atoms with van der Waals surface area (Å²) in [7, 11) is 2.21. The Morgan fingerprint density at radius 1 is 1.06 bits per heavy atom. The van der Waals surface area contributed by atoms with Crippen molar-refractivity contribution >= 4 is 27.8 Å². The second kappa shape index (κ2) is 7.24. The number of nitrogens with one attached hydrogen (secondary N) is 1. The van der Waals surface area contributed by atoms with Crippen LogP contribution in [0.2, 0.25) is 0 Å². The van der Waals surface area contributed by atoms with Crippen molar-refractivity contribution < 1.29 is 0 Å². The van der Waals surface area contributed by atoms with Gasteiger partial charge in [0.2, 0.25) is 0 Å². The minimum Gasteiger partial charge on any atom is -0.382 e. The van der Waals surface area contributed by atoms with Crippen molar-refractivity contribution in [2.24, 2.45) is 0 Å². The quantitative estimate of drug-likeness (QED) is 0.449. The van der Waals surface area contributed by atoms with Gasteiger partial charge in [-0.3, -0.25) is 0 Å². The lowest BCUT2D eigenvalue weighted by Gasteiger charge is -2.29. The number of anilines is 1.